The van der Waals surface area contributed by atoms with E-state index in [9.17, 15) is 0 Å². The topological polar surface area (TPSA) is 43.4 Å². The van der Waals surface area contributed by atoms with E-state index in [2.05, 4.69) is 30.2 Å². The lowest BCUT2D eigenvalue weighted by molar-refractivity contribution is 0.383. The minimum atomic E-state index is 0.154. The van der Waals surface area contributed by atoms with Crippen molar-refractivity contribution in [2.24, 2.45) is 0 Å². The quantitative estimate of drug-likeness (QED) is 0.882. The van der Waals surface area contributed by atoms with Gasteiger partial charge in [-0.05, 0) is 31.5 Å². The van der Waals surface area contributed by atoms with Gasteiger partial charge in [-0.25, -0.2) is 0 Å². The van der Waals surface area contributed by atoms with Gasteiger partial charge in [0.05, 0.1) is 14.2 Å². The molecule has 4 nitrogen and oxygen atoms in total. The monoisotopic (exact) mass is 286 g/mol. The number of methoxy groups -OCH3 is 2. The highest BCUT2D eigenvalue weighted by molar-refractivity contribution is 5.42. The summed E-state index contributed by atoms with van der Waals surface area (Å²) in [5, 5.41) is 3.56. The molecule has 112 valence electrons. The zero-order valence-electron chi connectivity index (χ0n) is 13.0. The van der Waals surface area contributed by atoms with Crippen LogP contribution in [-0.4, -0.2) is 19.2 Å². The van der Waals surface area contributed by atoms with Crippen LogP contribution in [0.3, 0.4) is 0 Å². The number of hydrogen-bond donors (Lipinski definition) is 1. The Morgan fingerprint density at radius 1 is 1.05 bits per heavy atom. The van der Waals surface area contributed by atoms with Crippen LogP contribution in [0.2, 0.25) is 0 Å². The van der Waals surface area contributed by atoms with Crippen LogP contribution in [0.5, 0.6) is 11.5 Å². The fourth-order valence-corrected chi connectivity index (χ4v) is 2.37. The predicted octanol–water partition coefficient (Wildman–Crippen LogP) is 3.51. The molecular weight excluding hydrogens is 264 g/mol. The van der Waals surface area contributed by atoms with Crippen molar-refractivity contribution in [1.29, 1.82) is 0 Å². The third-order valence-corrected chi connectivity index (χ3v) is 3.59. The number of rotatable bonds is 6. The Kier molecular flexibility index (Phi) is 5.17. The molecule has 0 fully saturated rings. The molecule has 2 rings (SSSR count). The van der Waals surface area contributed by atoms with E-state index in [1.807, 2.05) is 30.5 Å². The second-order valence-corrected chi connectivity index (χ2v) is 5.00. The predicted molar refractivity (Wildman–Crippen MR) is 83.7 cm³/mol. The van der Waals surface area contributed by atoms with Crippen molar-refractivity contribution in [1.82, 2.24) is 10.3 Å². The average molecular weight is 286 g/mol. The maximum atomic E-state index is 5.46. The lowest BCUT2D eigenvalue weighted by atomic mass is 10.0. The first-order valence-electron chi connectivity index (χ1n) is 7.03. The summed E-state index contributed by atoms with van der Waals surface area (Å²) in [4.78, 5) is 4.16. The van der Waals surface area contributed by atoms with Gasteiger partial charge in [-0.3, -0.25) is 4.98 Å². The molecule has 4 heteroatoms. The molecule has 1 unspecified atom stereocenters. The van der Waals surface area contributed by atoms with E-state index < -0.39 is 0 Å². The molecule has 1 N–H and O–H groups in total. The molecule has 1 aromatic carbocycles. The van der Waals surface area contributed by atoms with Gasteiger partial charge in [-0.15, -0.1) is 0 Å². The van der Waals surface area contributed by atoms with Crippen molar-refractivity contribution >= 4 is 0 Å². The van der Waals surface area contributed by atoms with Crippen LogP contribution in [0.15, 0.2) is 42.7 Å². The first-order chi connectivity index (χ1) is 10.2. The van der Waals surface area contributed by atoms with E-state index >= 15 is 0 Å². The number of nitrogens with zero attached hydrogens (tertiary/aromatic N) is 1. The highest BCUT2D eigenvalue weighted by atomic mass is 16.5. The van der Waals surface area contributed by atoms with E-state index in [-0.39, 0.29) is 12.1 Å². The number of nitrogens with one attached hydrogen (secondary N) is 1. The van der Waals surface area contributed by atoms with Crippen LogP contribution in [0.25, 0.3) is 0 Å². The molecule has 0 saturated heterocycles. The summed E-state index contributed by atoms with van der Waals surface area (Å²) in [6.07, 6.45) is 3.67. The maximum Gasteiger partial charge on any atom is 0.127 e. The molecule has 1 heterocycles. The fraction of sp³-hybridized carbons (Fsp3) is 0.353. The van der Waals surface area contributed by atoms with Crippen molar-refractivity contribution in [2.45, 2.75) is 25.9 Å². The van der Waals surface area contributed by atoms with Crippen LogP contribution in [0, 0.1) is 0 Å². The third kappa shape index (κ3) is 3.73. The highest BCUT2D eigenvalue weighted by Crippen LogP contribution is 2.30. The van der Waals surface area contributed by atoms with Gasteiger partial charge in [0.15, 0.2) is 0 Å². The summed E-state index contributed by atoms with van der Waals surface area (Å²) in [6.45, 7) is 4.25. The Labute approximate surface area is 126 Å². The molecule has 0 bridgehead atoms. The molecule has 2 atom stereocenters. The summed E-state index contributed by atoms with van der Waals surface area (Å²) >= 11 is 0. The van der Waals surface area contributed by atoms with Gasteiger partial charge in [-0.1, -0.05) is 12.1 Å². The standard InChI is InChI=1S/C17H22N2O2/c1-12(14-6-5-9-18-11-14)19-13(2)16-8-7-15(20-3)10-17(16)21-4/h5-13,19H,1-4H3/t12-,13?/m1/s1. The van der Waals surface area contributed by atoms with Gasteiger partial charge in [0.1, 0.15) is 11.5 Å². The Morgan fingerprint density at radius 3 is 2.48 bits per heavy atom. The zero-order valence-corrected chi connectivity index (χ0v) is 13.0. The molecule has 1 aromatic heterocycles. The Balaban J connectivity index is 2.14. The molecule has 0 radical (unpaired) electrons. The number of aromatic nitrogens is 1. The summed E-state index contributed by atoms with van der Waals surface area (Å²) in [6, 6.07) is 10.3. The van der Waals surface area contributed by atoms with Crippen LogP contribution in [0.4, 0.5) is 0 Å². The molecule has 0 aliphatic heterocycles. The van der Waals surface area contributed by atoms with Gasteiger partial charge >= 0.3 is 0 Å². The van der Waals surface area contributed by atoms with E-state index in [1.54, 1.807) is 20.4 Å². The first kappa shape index (κ1) is 15.3. The molecule has 0 aliphatic rings. The van der Waals surface area contributed by atoms with Crippen molar-refractivity contribution < 1.29 is 9.47 Å². The second-order valence-electron chi connectivity index (χ2n) is 5.00. The zero-order chi connectivity index (χ0) is 15.2. The Hall–Kier alpha value is -2.07. The number of hydrogen-bond acceptors (Lipinski definition) is 4. The van der Waals surface area contributed by atoms with Crippen LogP contribution in [-0.2, 0) is 0 Å². The Bertz CT molecular complexity index is 572. The van der Waals surface area contributed by atoms with E-state index in [0.29, 0.717) is 0 Å². The average Bonchev–Trinajstić information content (AvgIpc) is 2.54. The lowest BCUT2D eigenvalue weighted by Crippen LogP contribution is -2.23. The van der Waals surface area contributed by atoms with Crippen molar-refractivity contribution in [2.75, 3.05) is 14.2 Å². The largest absolute Gasteiger partial charge is 0.497 e. The fourth-order valence-electron chi connectivity index (χ4n) is 2.37. The summed E-state index contributed by atoms with van der Waals surface area (Å²) < 4.78 is 10.7. The lowest BCUT2D eigenvalue weighted by Gasteiger charge is -2.22. The summed E-state index contributed by atoms with van der Waals surface area (Å²) in [5.41, 5.74) is 2.27. The van der Waals surface area contributed by atoms with Crippen molar-refractivity contribution in [3.8, 4) is 11.5 Å². The van der Waals surface area contributed by atoms with Crippen LogP contribution in [0.1, 0.15) is 37.1 Å². The van der Waals surface area contributed by atoms with Gasteiger partial charge in [0, 0.05) is 36.1 Å². The maximum absolute atomic E-state index is 5.46. The minimum Gasteiger partial charge on any atom is -0.497 e. The van der Waals surface area contributed by atoms with Gasteiger partial charge < -0.3 is 14.8 Å². The summed E-state index contributed by atoms with van der Waals surface area (Å²) in [5.74, 6) is 1.62. The molecule has 0 aliphatic carbocycles. The van der Waals surface area contributed by atoms with Crippen molar-refractivity contribution in [3.05, 3.63) is 53.9 Å². The third-order valence-electron chi connectivity index (χ3n) is 3.59. The van der Waals surface area contributed by atoms with Gasteiger partial charge in [0.25, 0.3) is 0 Å². The highest BCUT2D eigenvalue weighted by Gasteiger charge is 2.15. The van der Waals surface area contributed by atoms with E-state index in [0.717, 1.165) is 22.6 Å². The number of pyridine rings is 1. The normalized spacial score (nSPS) is 13.5. The smallest absolute Gasteiger partial charge is 0.127 e. The molecule has 0 spiro atoms. The SMILES string of the molecule is COc1ccc(C(C)N[C@H](C)c2cccnc2)c(OC)c1. The Morgan fingerprint density at radius 2 is 1.86 bits per heavy atom. The van der Waals surface area contributed by atoms with Crippen LogP contribution < -0.4 is 14.8 Å². The summed E-state index contributed by atoms with van der Waals surface area (Å²) in [7, 11) is 3.33. The molecule has 0 amide bonds. The molecule has 2 aromatic rings. The van der Waals surface area contributed by atoms with E-state index in [1.165, 1.54) is 0 Å². The van der Waals surface area contributed by atoms with Gasteiger partial charge in [-0.2, -0.15) is 0 Å². The number of ether oxygens (including phenoxy) is 2. The molecule has 0 saturated carbocycles. The van der Waals surface area contributed by atoms with Gasteiger partial charge in [0.2, 0.25) is 0 Å². The minimum absolute atomic E-state index is 0.154. The molecular formula is C17H22N2O2. The second kappa shape index (κ2) is 7.09. The van der Waals surface area contributed by atoms with Crippen molar-refractivity contribution in [3.63, 3.8) is 0 Å². The van der Waals surface area contributed by atoms with Crippen LogP contribution >= 0.6 is 0 Å². The van der Waals surface area contributed by atoms with E-state index in [4.69, 9.17) is 9.47 Å². The number of benzene rings is 1. The first-order valence-corrected chi connectivity index (χ1v) is 7.03. The molecule has 21 heavy (non-hydrogen) atoms.